The van der Waals surface area contributed by atoms with E-state index in [0.717, 1.165) is 60.9 Å². The van der Waals surface area contributed by atoms with Crippen LogP contribution >= 0.6 is 11.3 Å². The zero-order valence-corrected chi connectivity index (χ0v) is 17.1. The van der Waals surface area contributed by atoms with Crippen LogP contribution in [0, 0.1) is 12.8 Å². The maximum atomic E-state index is 5.68. The molecule has 2 N–H and O–H groups in total. The number of guanidine groups is 1. The average Bonchev–Trinajstić information content (AvgIpc) is 3.44. The van der Waals surface area contributed by atoms with Gasteiger partial charge < -0.3 is 15.4 Å². The molecule has 146 valence electrons. The minimum atomic E-state index is 0.643. The van der Waals surface area contributed by atoms with E-state index in [1.807, 2.05) is 18.2 Å². The molecule has 1 aliphatic rings. The van der Waals surface area contributed by atoms with Gasteiger partial charge in [-0.25, -0.2) is 9.98 Å². The summed E-state index contributed by atoms with van der Waals surface area (Å²) in [5.74, 6) is 1.69. The van der Waals surface area contributed by atoms with Gasteiger partial charge in [-0.15, -0.1) is 11.3 Å². The Kier molecular flexibility index (Phi) is 7.66. The summed E-state index contributed by atoms with van der Waals surface area (Å²) in [5, 5.41) is 7.77. The third-order valence-electron chi connectivity index (χ3n) is 4.45. The first kappa shape index (κ1) is 19.8. The molecule has 0 bridgehead atoms. The number of aryl methyl sites for hydroxylation is 1. The van der Waals surface area contributed by atoms with Crippen LogP contribution in [0.2, 0.25) is 0 Å². The van der Waals surface area contributed by atoms with Gasteiger partial charge in [0.05, 0.1) is 12.2 Å². The molecule has 1 aromatic heterocycles. The summed E-state index contributed by atoms with van der Waals surface area (Å²) >= 11 is 1.72. The van der Waals surface area contributed by atoms with Crippen LogP contribution in [0.15, 0.2) is 35.3 Å². The van der Waals surface area contributed by atoms with E-state index in [0.29, 0.717) is 6.54 Å². The van der Waals surface area contributed by atoms with Crippen molar-refractivity contribution in [3.05, 3.63) is 40.9 Å². The van der Waals surface area contributed by atoms with E-state index in [4.69, 9.17) is 14.7 Å². The Labute approximate surface area is 166 Å². The fourth-order valence-corrected chi connectivity index (χ4v) is 3.68. The van der Waals surface area contributed by atoms with Crippen molar-refractivity contribution in [3.8, 4) is 10.6 Å². The molecule has 0 radical (unpaired) electrons. The predicted octanol–water partition coefficient (Wildman–Crippen LogP) is 3.99. The molecule has 0 atom stereocenters. The standard InChI is InChI=1S/C21H30N4OS/c1-3-22-21(23-12-7-13-26-15-17-10-11-17)24-14-19-16(2)25-20(27-19)18-8-5-4-6-9-18/h4-6,8-9,17H,3,7,10-15H2,1-2H3,(H2,22,23,24). The molecule has 0 saturated heterocycles. The number of hydrogen-bond acceptors (Lipinski definition) is 4. The second-order valence-corrected chi connectivity index (χ2v) is 7.97. The normalized spacial score (nSPS) is 14.4. The molecule has 0 unspecified atom stereocenters. The van der Waals surface area contributed by atoms with Crippen molar-refractivity contribution in [2.75, 3.05) is 26.3 Å². The Morgan fingerprint density at radius 2 is 2.07 bits per heavy atom. The molecule has 1 aliphatic carbocycles. The molecular weight excluding hydrogens is 356 g/mol. The summed E-state index contributed by atoms with van der Waals surface area (Å²) in [6, 6.07) is 10.3. The first-order valence-electron chi connectivity index (χ1n) is 9.88. The Balaban J connectivity index is 1.49. The van der Waals surface area contributed by atoms with Crippen LogP contribution in [-0.2, 0) is 11.3 Å². The van der Waals surface area contributed by atoms with Crippen molar-refractivity contribution in [2.45, 2.75) is 39.7 Å². The summed E-state index contributed by atoms with van der Waals surface area (Å²) < 4.78 is 5.68. The monoisotopic (exact) mass is 386 g/mol. The number of hydrogen-bond donors (Lipinski definition) is 2. The summed E-state index contributed by atoms with van der Waals surface area (Å²) in [6.45, 7) is 8.25. The SMILES string of the molecule is CCNC(=NCc1sc(-c2ccccc2)nc1C)NCCCOCC1CC1. The molecule has 5 nitrogen and oxygen atoms in total. The van der Waals surface area contributed by atoms with Gasteiger partial charge in [-0.3, -0.25) is 0 Å². The molecular formula is C21H30N4OS. The molecule has 1 fully saturated rings. The molecule has 2 aromatic rings. The Hall–Kier alpha value is -1.92. The predicted molar refractivity (Wildman–Crippen MR) is 113 cm³/mol. The number of nitrogens with zero attached hydrogens (tertiary/aromatic N) is 2. The highest BCUT2D eigenvalue weighted by Gasteiger charge is 2.20. The number of benzene rings is 1. The van der Waals surface area contributed by atoms with Crippen LogP contribution in [0.3, 0.4) is 0 Å². The van der Waals surface area contributed by atoms with Crippen molar-refractivity contribution >= 4 is 17.3 Å². The van der Waals surface area contributed by atoms with Crippen molar-refractivity contribution < 1.29 is 4.74 Å². The Morgan fingerprint density at radius 3 is 2.81 bits per heavy atom. The molecule has 0 amide bonds. The number of rotatable bonds is 10. The highest BCUT2D eigenvalue weighted by Crippen LogP contribution is 2.29. The average molecular weight is 387 g/mol. The van der Waals surface area contributed by atoms with E-state index >= 15 is 0 Å². The van der Waals surface area contributed by atoms with Gasteiger partial charge in [-0.05, 0) is 39.0 Å². The van der Waals surface area contributed by atoms with Gasteiger partial charge in [-0.2, -0.15) is 0 Å². The zero-order chi connectivity index (χ0) is 18.9. The minimum absolute atomic E-state index is 0.643. The van der Waals surface area contributed by atoms with Gasteiger partial charge in [0.1, 0.15) is 5.01 Å². The van der Waals surface area contributed by atoms with E-state index in [1.165, 1.54) is 17.7 Å². The molecule has 3 rings (SSSR count). The lowest BCUT2D eigenvalue weighted by Crippen LogP contribution is -2.38. The van der Waals surface area contributed by atoms with Crippen LogP contribution < -0.4 is 10.6 Å². The van der Waals surface area contributed by atoms with Gasteiger partial charge in [0.2, 0.25) is 0 Å². The molecule has 6 heteroatoms. The topological polar surface area (TPSA) is 58.5 Å². The van der Waals surface area contributed by atoms with E-state index < -0.39 is 0 Å². The second kappa shape index (κ2) is 10.4. The van der Waals surface area contributed by atoms with Crippen LogP contribution in [0.25, 0.3) is 10.6 Å². The van der Waals surface area contributed by atoms with Crippen molar-refractivity contribution in [2.24, 2.45) is 10.9 Å². The molecule has 27 heavy (non-hydrogen) atoms. The Morgan fingerprint density at radius 1 is 1.26 bits per heavy atom. The zero-order valence-electron chi connectivity index (χ0n) is 16.3. The highest BCUT2D eigenvalue weighted by atomic mass is 32.1. The van der Waals surface area contributed by atoms with Gasteiger partial charge in [0.15, 0.2) is 5.96 Å². The summed E-state index contributed by atoms with van der Waals surface area (Å²) in [7, 11) is 0. The lowest BCUT2D eigenvalue weighted by atomic mass is 10.2. The van der Waals surface area contributed by atoms with Gasteiger partial charge in [0.25, 0.3) is 0 Å². The molecule has 0 spiro atoms. The maximum Gasteiger partial charge on any atom is 0.191 e. The van der Waals surface area contributed by atoms with Gasteiger partial charge in [0, 0.05) is 36.7 Å². The summed E-state index contributed by atoms with van der Waals surface area (Å²) in [5.41, 5.74) is 2.23. The number of nitrogens with one attached hydrogen (secondary N) is 2. The lowest BCUT2D eigenvalue weighted by molar-refractivity contribution is 0.123. The number of aliphatic imine (C=N–C) groups is 1. The van der Waals surface area contributed by atoms with Crippen molar-refractivity contribution in [1.82, 2.24) is 15.6 Å². The Bertz CT molecular complexity index is 725. The highest BCUT2D eigenvalue weighted by molar-refractivity contribution is 7.15. The molecule has 1 heterocycles. The molecule has 1 saturated carbocycles. The third kappa shape index (κ3) is 6.63. The summed E-state index contributed by atoms with van der Waals surface area (Å²) in [4.78, 5) is 10.7. The smallest absolute Gasteiger partial charge is 0.191 e. The van der Waals surface area contributed by atoms with Crippen LogP contribution in [-0.4, -0.2) is 37.2 Å². The third-order valence-corrected chi connectivity index (χ3v) is 5.64. The minimum Gasteiger partial charge on any atom is -0.381 e. The number of aromatic nitrogens is 1. The van der Waals surface area contributed by atoms with Crippen molar-refractivity contribution in [3.63, 3.8) is 0 Å². The fraction of sp³-hybridized carbons (Fsp3) is 0.524. The number of thiazole rings is 1. The van der Waals surface area contributed by atoms with E-state index in [9.17, 15) is 0 Å². The second-order valence-electron chi connectivity index (χ2n) is 6.89. The fourth-order valence-electron chi connectivity index (χ4n) is 2.69. The molecule has 0 aliphatic heterocycles. The largest absolute Gasteiger partial charge is 0.381 e. The number of ether oxygens (including phenoxy) is 1. The first-order valence-corrected chi connectivity index (χ1v) is 10.7. The quantitative estimate of drug-likeness (QED) is 0.368. The van der Waals surface area contributed by atoms with E-state index in [1.54, 1.807) is 11.3 Å². The van der Waals surface area contributed by atoms with Crippen molar-refractivity contribution in [1.29, 1.82) is 0 Å². The molecule has 1 aromatic carbocycles. The maximum absolute atomic E-state index is 5.68. The van der Waals surface area contributed by atoms with E-state index in [2.05, 4.69) is 36.6 Å². The van der Waals surface area contributed by atoms with Gasteiger partial charge >= 0.3 is 0 Å². The van der Waals surface area contributed by atoms with Crippen LogP contribution in [0.4, 0.5) is 0 Å². The van der Waals surface area contributed by atoms with E-state index in [-0.39, 0.29) is 0 Å². The van der Waals surface area contributed by atoms with Crippen LogP contribution in [0.1, 0.15) is 36.8 Å². The summed E-state index contributed by atoms with van der Waals surface area (Å²) in [6.07, 6.45) is 3.69. The van der Waals surface area contributed by atoms with Crippen LogP contribution in [0.5, 0.6) is 0 Å². The van der Waals surface area contributed by atoms with Gasteiger partial charge in [-0.1, -0.05) is 30.3 Å². The lowest BCUT2D eigenvalue weighted by Gasteiger charge is -2.11. The first-order chi connectivity index (χ1) is 13.3.